The maximum Gasteiger partial charge on any atom is 0.256 e. The van der Waals surface area contributed by atoms with Gasteiger partial charge in [0.25, 0.3) is 5.91 Å². The van der Waals surface area contributed by atoms with Crippen molar-refractivity contribution >= 4 is 28.1 Å². The molecule has 0 unspecified atom stereocenters. The van der Waals surface area contributed by atoms with E-state index in [9.17, 15) is 13.2 Å². The summed E-state index contributed by atoms with van der Waals surface area (Å²) in [6, 6.07) is 10.5. The molecule has 28 heavy (non-hydrogen) atoms. The Balaban J connectivity index is 1.69. The Bertz CT molecular complexity index is 992. The Kier molecular flexibility index (Phi) is 6.32. The van der Waals surface area contributed by atoms with E-state index in [1.165, 1.54) is 4.31 Å². The van der Waals surface area contributed by atoms with E-state index in [-0.39, 0.29) is 19.0 Å². The monoisotopic (exact) mass is 419 g/mol. The van der Waals surface area contributed by atoms with Crippen molar-refractivity contribution in [3.63, 3.8) is 0 Å². The maximum absolute atomic E-state index is 12.9. The van der Waals surface area contributed by atoms with Crippen molar-refractivity contribution in [2.75, 3.05) is 26.2 Å². The van der Waals surface area contributed by atoms with Crippen LogP contribution in [-0.4, -0.2) is 54.7 Å². The highest BCUT2D eigenvalue weighted by Gasteiger charge is 2.30. The SMILES string of the molecule is CC[C@H](C)c1ccc(S(=O)(=O)N2CCN(C(=O)c3ccc[nH]c3=S)CC2)cc1. The van der Waals surface area contributed by atoms with Crippen LogP contribution in [0.3, 0.4) is 0 Å². The third-order valence-electron chi connectivity index (χ3n) is 5.27. The number of pyridine rings is 1. The van der Waals surface area contributed by atoms with Gasteiger partial charge in [-0.15, -0.1) is 0 Å². The first-order chi connectivity index (χ1) is 13.3. The van der Waals surface area contributed by atoms with Crippen molar-refractivity contribution < 1.29 is 13.2 Å². The van der Waals surface area contributed by atoms with Crippen molar-refractivity contribution in [1.82, 2.24) is 14.2 Å². The van der Waals surface area contributed by atoms with Crippen LogP contribution >= 0.6 is 12.2 Å². The second kappa shape index (κ2) is 8.55. The molecule has 0 bridgehead atoms. The van der Waals surface area contributed by atoms with Crippen LogP contribution in [0.4, 0.5) is 0 Å². The van der Waals surface area contributed by atoms with Gasteiger partial charge < -0.3 is 9.88 Å². The molecule has 1 aromatic heterocycles. The summed E-state index contributed by atoms with van der Waals surface area (Å²) in [5, 5.41) is 0. The number of hydrogen-bond donors (Lipinski definition) is 1. The minimum Gasteiger partial charge on any atom is -0.352 e. The molecule has 1 N–H and O–H groups in total. The normalized spacial score (nSPS) is 16.7. The number of benzene rings is 1. The predicted octanol–water partition coefficient (Wildman–Crippen LogP) is 3.40. The van der Waals surface area contributed by atoms with E-state index in [2.05, 4.69) is 18.8 Å². The average molecular weight is 420 g/mol. The van der Waals surface area contributed by atoms with Gasteiger partial charge in [-0.1, -0.05) is 38.2 Å². The smallest absolute Gasteiger partial charge is 0.256 e. The number of nitrogens with zero attached hydrogens (tertiary/aromatic N) is 2. The molecule has 1 aliphatic rings. The lowest BCUT2D eigenvalue weighted by Gasteiger charge is -2.34. The zero-order valence-electron chi connectivity index (χ0n) is 16.1. The van der Waals surface area contributed by atoms with Crippen molar-refractivity contribution in [3.8, 4) is 0 Å². The minimum atomic E-state index is -3.56. The number of hydrogen-bond acceptors (Lipinski definition) is 4. The quantitative estimate of drug-likeness (QED) is 0.754. The van der Waals surface area contributed by atoms with Crippen LogP contribution in [0.5, 0.6) is 0 Å². The topological polar surface area (TPSA) is 73.5 Å². The van der Waals surface area contributed by atoms with Gasteiger partial charge in [0.05, 0.1) is 10.5 Å². The van der Waals surface area contributed by atoms with Crippen LogP contribution in [0, 0.1) is 4.64 Å². The molecule has 6 nitrogen and oxygen atoms in total. The number of aromatic nitrogens is 1. The van der Waals surface area contributed by atoms with Crippen LogP contribution in [0.25, 0.3) is 0 Å². The summed E-state index contributed by atoms with van der Waals surface area (Å²) in [7, 11) is -3.56. The first kappa shape index (κ1) is 20.7. The zero-order valence-corrected chi connectivity index (χ0v) is 17.7. The first-order valence-corrected chi connectivity index (χ1v) is 11.3. The number of nitrogens with one attached hydrogen (secondary N) is 1. The number of rotatable bonds is 5. The van der Waals surface area contributed by atoms with Gasteiger partial charge in [0, 0.05) is 32.4 Å². The molecule has 8 heteroatoms. The minimum absolute atomic E-state index is 0.170. The van der Waals surface area contributed by atoms with Gasteiger partial charge in [-0.3, -0.25) is 4.79 Å². The zero-order chi connectivity index (χ0) is 20.3. The van der Waals surface area contributed by atoms with Crippen molar-refractivity contribution in [1.29, 1.82) is 0 Å². The lowest BCUT2D eigenvalue weighted by Crippen LogP contribution is -2.50. The fourth-order valence-electron chi connectivity index (χ4n) is 3.24. The van der Waals surface area contributed by atoms with Crippen molar-refractivity contribution in [3.05, 3.63) is 58.4 Å². The molecule has 3 rings (SSSR count). The molecule has 1 aromatic carbocycles. The van der Waals surface area contributed by atoms with Crippen molar-refractivity contribution in [2.24, 2.45) is 0 Å². The molecule has 150 valence electrons. The summed E-state index contributed by atoms with van der Waals surface area (Å²) in [6.45, 7) is 5.45. The number of carbonyl (C=O) groups excluding carboxylic acids is 1. The highest BCUT2D eigenvalue weighted by Crippen LogP contribution is 2.23. The summed E-state index contributed by atoms with van der Waals surface area (Å²) < 4.78 is 27.7. The predicted molar refractivity (Wildman–Crippen MR) is 111 cm³/mol. The second-order valence-electron chi connectivity index (χ2n) is 6.99. The van der Waals surface area contributed by atoms with Crippen LogP contribution in [0.15, 0.2) is 47.5 Å². The molecule has 0 saturated carbocycles. The Labute approximate surface area is 171 Å². The molecule has 1 aliphatic heterocycles. The van der Waals surface area contributed by atoms with E-state index in [1.54, 1.807) is 35.4 Å². The number of H-pyrrole nitrogens is 1. The first-order valence-electron chi connectivity index (χ1n) is 9.41. The standard InChI is InChI=1S/C20H25N3O3S2/c1-3-15(2)16-6-8-17(9-7-16)28(25,26)23-13-11-22(12-14-23)20(24)18-5-4-10-21-19(18)27/h4-10,15H,3,11-14H2,1-2H3,(H,21,27)/t15-/m0/s1. The van der Waals surface area contributed by atoms with Gasteiger partial charge in [0.1, 0.15) is 4.64 Å². The molecule has 1 saturated heterocycles. The Morgan fingerprint density at radius 2 is 1.79 bits per heavy atom. The Morgan fingerprint density at radius 3 is 2.36 bits per heavy atom. The van der Waals surface area contributed by atoms with Gasteiger partial charge in [0.15, 0.2) is 0 Å². The van der Waals surface area contributed by atoms with E-state index in [1.807, 2.05) is 12.1 Å². The maximum atomic E-state index is 12.9. The van der Waals surface area contributed by atoms with E-state index < -0.39 is 10.0 Å². The molecule has 1 amide bonds. The number of piperazine rings is 1. The van der Waals surface area contributed by atoms with Gasteiger partial charge in [-0.25, -0.2) is 8.42 Å². The number of carbonyl (C=O) groups is 1. The van der Waals surface area contributed by atoms with E-state index >= 15 is 0 Å². The lowest BCUT2D eigenvalue weighted by molar-refractivity contribution is 0.0697. The summed E-state index contributed by atoms with van der Waals surface area (Å²) in [6.07, 6.45) is 2.68. The molecular formula is C20H25N3O3S2. The molecule has 2 heterocycles. The van der Waals surface area contributed by atoms with Crippen LogP contribution in [0.1, 0.15) is 42.1 Å². The van der Waals surface area contributed by atoms with Gasteiger partial charge in [0.2, 0.25) is 10.0 Å². The molecule has 1 atom stereocenters. The van der Waals surface area contributed by atoms with Crippen LogP contribution < -0.4 is 0 Å². The number of sulfonamides is 1. The highest BCUT2D eigenvalue weighted by molar-refractivity contribution is 7.89. The van der Waals surface area contributed by atoms with E-state index in [4.69, 9.17) is 12.2 Å². The molecule has 1 fully saturated rings. The number of amides is 1. The summed E-state index contributed by atoms with van der Waals surface area (Å²) >= 11 is 5.17. The van der Waals surface area contributed by atoms with Gasteiger partial charge in [-0.2, -0.15) is 4.31 Å². The molecular weight excluding hydrogens is 394 g/mol. The molecule has 0 radical (unpaired) electrons. The second-order valence-corrected chi connectivity index (χ2v) is 9.33. The van der Waals surface area contributed by atoms with Crippen LogP contribution in [0.2, 0.25) is 0 Å². The Morgan fingerprint density at radius 1 is 1.14 bits per heavy atom. The van der Waals surface area contributed by atoms with Gasteiger partial charge >= 0.3 is 0 Å². The number of aromatic amines is 1. The summed E-state index contributed by atoms with van der Waals surface area (Å²) in [4.78, 5) is 17.4. The lowest BCUT2D eigenvalue weighted by atomic mass is 9.99. The third kappa shape index (κ3) is 4.19. The van der Waals surface area contributed by atoms with E-state index in [0.29, 0.717) is 34.1 Å². The highest BCUT2D eigenvalue weighted by atomic mass is 32.2. The van der Waals surface area contributed by atoms with Gasteiger partial charge in [-0.05, 0) is 42.2 Å². The molecule has 0 spiro atoms. The van der Waals surface area contributed by atoms with Crippen molar-refractivity contribution in [2.45, 2.75) is 31.1 Å². The molecule has 2 aromatic rings. The fraction of sp³-hybridized carbons (Fsp3) is 0.400. The molecule has 0 aliphatic carbocycles. The fourth-order valence-corrected chi connectivity index (χ4v) is 4.89. The third-order valence-corrected chi connectivity index (χ3v) is 7.52. The largest absolute Gasteiger partial charge is 0.352 e. The van der Waals surface area contributed by atoms with Crippen LogP contribution in [-0.2, 0) is 10.0 Å². The average Bonchev–Trinajstić information content (AvgIpc) is 2.73. The van der Waals surface area contributed by atoms with E-state index in [0.717, 1.165) is 12.0 Å². The summed E-state index contributed by atoms with van der Waals surface area (Å²) in [5.41, 5.74) is 1.57. The Hall–Kier alpha value is -2.03. The summed E-state index contributed by atoms with van der Waals surface area (Å²) in [5.74, 6) is 0.229.